The molecule has 0 aliphatic rings. The third-order valence-electron chi connectivity index (χ3n) is 8.54. The Balaban J connectivity index is 5.52. The van der Waals surface area contributed by atoms with Gasteiger partial charge in [-0.2, -0.15) is 0 Å². The van der Waals surface area contributed by atoms with Crippen LogP contribution in [-0.2, 0) is 0 Å². The topological polar surface area (TPSA) is 0 Å². The van der Waals surface area contributed by atoms with Gasteiger partial charge in [-0.05, 0) is 0 Å². The summed E-state index contributed by atoms with van der Waals surface area (Å²) < 4.78 is 0. The standard InChI is InChI=1S/C28H68Si9/c1-29(2)13-17-33(9)21-25-37(26-22-34(10)18-14-30(3)4,27-23-35(11)19-15-31(5)6)28-24-36(12)20-16-32(7)8/h13-28H2,1-12H3. The van der Waals surface area contributed by atoms with E-state index in [1.807, 2.05) is 0 Å². The largest absolute Gasteiger partial charge is 0.0713 e. The van der Waals surface area contributed by atoms with Crippen molar-refractivity contribution in [2.75, 3.05) is 0 Å². The smallest absolute Gasteiger partial charge is 0.0524 e. The van der Waals surface area contributed by atoms with Crippen molar-refractivity contribution in [2.45, 2.75) is 175 Å². The van der Waals surface area contributed by atoms with Gasteiger partial charge in [0.25, 0.3) is 0 Å². The highest BCUT2D eigenvalue weighted by molar-refractivity contribution is 6.84. The Morgan fingerprint density at radius 3 is 0.622 bits per heavy atom. The predicted molar refractivity (Wildman–Crippen MR) is 199 cm³/mol. The van der Waals surface area contributed by atoms with Crippen molar-refractivity contribution in [3.05, 3.63) is 0 Å². The van der Waals surface area contributed by atoms with Crippen LogP contribution in [0.4, 0.5) is 0 Å². The zero-order valence-corrected chi connectivity index (χ0v) is 36.8. The lowest BCUT2D eigenvalue weighted by atomic mass is 10.9. The van der Waals surface area contributed by atoms with Gasteiger partial charge < -0.3 is 0 Å². The molecule has 0 nitrogen and oxygen atoms in total. The SMILES string of the molecule is C[Si](C)CC[Si](C)CC[Si](CC[Si](C)CC[Si](C)C)(CC[Si](C)CC[Si](C)C)CC[Si](C)CC[Si](C)C. The average Bonchev–Trinajstić information content (AvgIpc) is 2.82. The number of hydrogen-bond donors (Lipinski definition) is 0. The van der Waals surface area contributed by atoms with E-state index in [2.05, 4.69) is 78.6 Å². The van der Waals surface area contributed by atoms with Crippen LogP contribution < -0.4 is 0 Å². The number of rotatable bonds is 24. The van der Waals surface area contributed by atoms with Gasteiger partial charge in [0.1, 0.15) is 0 Å². The second kappa shape index (κ2) is 22.5. The summed E-state index contributed by atoms with van der Waals surface area (Å²) in [6, 6.07) is 26.6. The minimum Gasteiger partial charge on any atom is -0.0713 e. The fourth-order valence-electron chi connectivity index (χ4n) is 5.02. The molecule has 0 unspecified atom stereocenters. The molecule has 0 bridgehead atoms. The summed E-state index contributed by atoms with van der Waals surface area (Å²) in [5.41, 5.74) is 0. The van der Waals surface area contributed by atoms with Gasteiger partial charge in [-0.25, -0.2) is 0 Å². The zero-order chi connectivity index (χ0) is 28.4. The van der Waals surface area contributed by atoms with Gasteiger partial charge in [0.15, 0.2) is 0 Å². The van der Waals surface area contributed by atoms with Crippen LogP contribution in [0.3, 0.4) is 0 Å². The lowest BCUT2D eigenvalue weighted by Gasteiger charge is -2.36. The van der Waals surface area contributed by atoms with Gasteiger partial charge in [0.05, 0.1) is 8.07 Å². The molecule has 216 valence electrons. The van der Waals surface area contributed by atoms with E-state index in [1.165, 1.54) is 0 Å². The molecule has 0 amide bonds. The Bertz CT molecular complexity index is 434. The Kier molecular flexibility index (Phi) is 23.7. The van der Waals surface area contributed by atoms with E-state index in [-0.39, 0.29) is 70.4 Å². The van der Waals surface area contributed by atoms with Crippen LogP contribution in [0.25, 0.3) is 0 Å². The summed E-state index contributed by atoms with van der Waals surface area (Å²) in [7, 11) is -1.64. The second-order valence-corrected chi connectivity index (χ2v) is 42.5. The van der Waals surface area contributed by atoms with Crippen LogP contribution in [0.2, 0.25) is 175 Å². The second-order valence-electron chi connectivity index (χ2n) is 14.2. The van der Waals surface area contributed by atoms with E-state index < -0.39 is 8.07 Å². The van der Waals surface area contributed by atoms with Crippen molar-refractivity contribution < 1.29 is 0 Å². The first-order chi connectivity index (χ1) is 17.2. The van der Waals surface area contributed by atoms with Crippen LogP contribution in [0.1, 0.15) is 0 Å². The molecule has 0 atom stereocenters. The maximum Gasteiger partial charge on any atom is 0.0524 e. The van der Waals surface area contributed by atoms with E-state index >= 15 is 0 Å². The molecule has 0 spiro atoms. The van der Waals surface area contributed by atoms with E-state index in [4.69, 9.17) is 0 Å². The summed E-state index contributed by atoms with van der Waals surface area (Å²) in [6.45, 7) is 31.2. The molecule has 0 fully saturated rings. The third-order valence-corrected chi connectivity index (χ3v) is 31.6. The monoisotopic (exact) mass is 656 g/mol. The average molecular weight is 658 g/mol. The van der Waals surface area contributed by atoms with Crippen molar-refractivity contribution in [3.63, 3.8) is 0 Å². The van der Waals surface area contributed by atoms with E-state index in [9.17, 15) is 0 Å². The molecule has 0 heterocycles. The van der Waals surface area contributed by atoms with E-state index in [0.717, 1.165) is 0 Å². The minimum atomic E-state index is -1.14. The summed E-state index contributed by atoms with van der Waals surface area (Å²) >= 11 is 0. The van der Waals surface area contributed by atoms with Crippen molar-refractivity contribution in [2.24, 2.45) is 0 Å². The highest BCUT2D eigenvalue weighted by Crippen LogP contribution is 2.36. The lowest BCUT2D eigenvalue weighted by Crippen LogP contribution is -2.38. The molecule has 37 heavy (non-hydrogen) atoms. The van der Waals surface area contributed by atoms with E-state index in [1.54, 1.807) is 96.7 Å². The lowest BCUT2D eigenvalue weighted by molar-refractivity contribution is 1.07. The fourth-order valence-corrected chi connectivity index (χ4v) is 37.7. The van der Waals surface area contributed by atoms with E-state index in [0.29, 0.717) is 0 Å². The normalized spacial score (nSPS) is 13.3. The maximum absolute atomic E-state index is 2.72. The van der Waals surface area contributed by atoms with Crippen molar-refractivity contribution in [1.82, 2.24) is 0 Å². The maximum atomic E-state index is 2.72. The Hall–Kier alpha value is 1.95. The van der Waals surface area contributed by atoms with Gasteiger partial charge in [0, 0.05) is 70.4 Å². The fraction of sp³-hybridized carbons (Fsp3) is 1.00. The molecule has 0 saturated carbocycles. The van der Waals surface area contributed by atoms with Crippen molar-refractivity contribution >= 4 is 78.4 Å². The first kappa shape index (κ1) is 39.0. The van der Waals surface area contributed by atoms with Crippen LogP contribution in [0.15, 0.2) is 0 Å². The third kappa shape index (κ3) is 23.2. The summed E-state index contributed by atoms with van der Waals surface area (Å²) in [5.74, 6) is 0. The molecular weight excluding hydrogens is 589 g/mol. The molecule has 0 aromatic heterocycles. The first-order valence-corrected chi connectivity index (χ1v) is 39.0. The van der Waals surface area contributed by atoms with Crippen LogP contribution in [0, 0.1) is 0 Å². The molecule has 0 aliphatic carbocycles. The van der Waals surface area contributed by atoms with Gasteiger partial charge in [0.2, 0.25) is 0 Å². The molecule has 0 saturated heterocycles. The van der Waals surface area contributed by atoms with Crippen molar-refractivity contribution in [1.29, 1.82) is 0 Å². The molecule has 0 aliphatic heterocycles. The van der Waals surface area contributed by atoms with Crippen molar-refractivity contribution in [3.8, 4) is 0 Å². The molecule has 0 N–H and O–H groups in total. The summed E-state index contributed by atoms with van der Waals surface area (Å²) in [4.78, 5) is 0. The Morgan fingerprint density at radius 1 is 0.270 bits per heavy atom. The molecule has 9 heteroatoms. The van der Waals surface area contributed by atoms with Gasteiger partial charge >= 0.3 is 0 Å². The zero-order valence-electron chi connectivity index (χ0n) is 27.8. The number of hydrogen-bond acceptors (Lipinski definition) is 0. The first-order valence-electron chi connectivity index (χ1n) is 15.7. The molecule has 0 aromatic rings. The highest BCUT2D eigenvalue weighted by atomic mass is 28.3. The summed E-state index contributed by atoms with van der Waals surface area (Å²) in [5, 5.41) is 0. The minimum absolute atomic E-state index is 0.0294. The van der Waals surface area contributed by atoms with Crippen LogP contribution in [-0.4, -0.2) is 78.4 Å². The molecule has 0 aromatic carbocycles. The van der Waals surface area contributed by atoms with Crippen LogP contribution in [0.5, 0.6) is 0 Å². The molecular formula is C28H68Si9. The predicted octanol–water partition coefficient (Wildman–Crippen LogP) is 11.0. The van der Waals surface area contributed by atoms with Crippen LogP contribution >= 0.6 is 0 Å². The molecule has 8 radical (unpaired) electrons. The molecule has 0 rings (SSSR count). The summed E-state index contributed by atoms with van der Waals surface area (Å²) in [6.07, 6.45) is 0. The van der Waals surface area contributed by atoms with Gasteiger partial charge in [-0.3, -0.25) is 0 Å². The Morgan fingerprint density at radius 2 is 0.459 bits per heavy atom. The quantitative estimate of drug-likeness (QED) is 0.0907. The van der Waals surface area contributed by atoms with Gasteiger partial charge in [-0.1, -0.05) is 175 Å². The Labute approximate surface area is 252 Å². The highest BCUT2D eigenvalue weighted by Gasteiger charge is 2.34. The van der Waals surface area contributed by atoms with Gasteiger partial charge in [-0.15, -0.1) is 0 Å².